The van der Waals surface area contributed by atoms with Crippen LogP contribution in [0.15, 0.2) is 35.7 Å². The molecule has 1 aliphatic carbocycles. The molecule has 3 aromatic rings. The predicted octanol–water partition coefficient (Wildman–Crippen LogP) is 3.29. The Balaban J connectivity index is 1.48. The van der Waals surface area contributed by atoms with Crippen LogP contribution in [0.3, 0.4) is 0 Å². The van der Waals surface area contributed by atoms with Crippen LogP contribution < -0.4 is 14.8 Å². The summed E-state index contributed by atoms with van der Waals surface area (Å²) in [5, 5.41) is 17.6. The molecule has 1 aliphatic rings. The van der Waals surface area contributed by atoms with Gasteiger partial charge in [-0.2, -0.15) is 4.80 Å². The number of thiophene rings is 1. The summed E-state index contributed by atoms with van der Waals surface area (Å²) in [6, 6.07) is 8.75. The topological polar surface area (TPSA) is 111 Å². The van der Waals surface area contributed by atoms with E-state index in [9.17, 15) is 9.59 Å². The molecule has 10 nitrogen and oxygen atoms in total. The van der Waals surface area contributed by atoms with Crippen molar-refractivity contribution in [2.45, 2.75) is 64.2 Å². The molecule has 2 heterocycles. The summed E-state index contributed by atoms with van der Waals surface area (Å²) in [5.41, 5.74) is 0.682. The van der Waals surface area contributed by atoms with E-state index in [-0.39, 0.29) is 24.4 Å². The molecule has 36 heavy (non-hydrogen) atoms. The molecule has 0 unspecified atom stereocenters. The average Bonchev–Trinajstić information content (AvgIpc) is 3.59. The van der Waals surface area contributed by atoms with Crippen LogP contribution in [0.25, 0.3) is 11.4 Å². The van der Waals surface area contributed by atoms with Crippen molar-refractivity contribution in [2.24, 2.45) is 0 Å². The summed E-state index contributed by atoms with van der Waals surface area (Å²) in [6.45, 7) is 1.98. The molecular weight excluding hydrogens is 480 g/mol. The number of benzene rings is 1. The zero-order valence-corrected chi connectivity index (χ0v) is 21.7. The van der Waals surface area contributed by atoms with Crippen molar-refractivity contribution in [1.82, 2.24) is 30.4 Å². The van der Waals surface area contributed by atoms with E-state index >= 15 is 0 Å². The van der Waals surface area contributed by atoms with Gasteiger partial charge in [-0.1, -0.05) is 25.3 Å². The molecular formula is C25H32N6O4S. The second kappa shape index (κ2) is 12.0. The fourth-order valence-corrected chi connectivity index (χ4v) is 5.04. The zero-order valence-electron chi connectivity index (χ0n) is 20.8. The molecule has 1 N–H and O–H groups in total. The lowest BCUT2D eigenvalue weighted by atomic mass is 9.95. The number of amides is 2. The highest BCUT2D eigenvalue weighted by atomic mass is 32.1. The minimum Gasteiger partial charge on any atom is -0.493 e. The van der Waals surface area contributed by atoms with Crippen molar-refractivity contribution in [2.75, 3.05) is 14.2 Å². The lowest BCUT2D eigenvalue weighted by molar-refractivity contribution is -0.141. The largest absolute Gasteiger partial charge is 0.493 e. The highest BCUT2D eigenvalue weighted by molar-refractivity contribution is 7.09. The second-order valence-electron chi connectivity index (χ2n) is 8.83. The molecule has 1 fully saturated rings. The van der Waals surface area contributed by atoms with E-state index in [1.807, 2.05) is 17.5 Å². The summed E-state index contributed by atoms with van der Waals surface area (Å²) in [6.07, 6.45) is 5.43. The minimum atomic E-state index is -0.629. The van der Waals surface area contributed by atoms with E-state index in [2.05, 4.69) is 20.7 Å². The van der Waals surface area contributed by atoms with Crippen LogP contribution in [-0.4, -0.2) is 63.2 Å². The van der Waals surface area contributed by atoms with Gasteiger partial charge in [-0.25, -0.2) is 0 Å². The average molecular weight is 513 g/mol. The Morgan fingerprint density at radius 3 is 2.64 bits per heavy atom. The summed E-state index contributed by atoms with van der Waals surface area (Å²) in [5.74, 6) is 1.10. The smallest absolute Gasteiger partial charge is 0.247 e. The molecule has 2 amide bonds. The Morgan fingerprint density at radius 1 is 1.17 bits per heavy atom. The van der Waals surface area contributed by atoms with Crippen molar-refractivity contribution in [3.63, 3.8) is 0 Å². The molecule has 1 saturated carbocycles. The third-order valence-corrected chi connectivity index (χ3v) is 7.26. The second-order valence-corrected chi connectivity index (χ2v) is 9.87. The van der Waals surface area contributed by atoms with Crippen molar-refractivity contribution in [1.29, 1.82) is 0 Å². The number of aromatic nitrogens is 4. The zero-order chi connectivity index (χ0) is 25.5. The first-order valence-corrected chi connectivity index (χ1v) is 13.0. The van der Waals surface area contributed by atoms with Crippen LogP contribution in [0.5, 0.6) is 11.5 Å². The van der Waals surface area contributed by atoms with Gasteiger partial charge in [0.05, 0.1) is 20.8 Å². The van der Waals surface area contributed by atoms with E-state index in [1.54, 1.807) is 55.6 Å². The van der Waals surface area contributed by atoms with Crippen LogP contribution in [0, 0.1) is 0 Å². The van der Waals surface area contributed by atoms with Gasteiger partial charge in [0.2, 0.25) is 17.6 Å². The van der Waals surface area contributed by atoms with E-state index < -0.39 is 6.04 Å². The van der Waals surface area contributed by atoms with Crippen molar-refractivity contribution in [3.05, 3.63) is 40.6 Å². The number of hydrogen-bond donors (Lipinski definition) is 1. The van der Waals surface area contributed by atoms with Crippen LogP contribution in [0.4, 0.5) is 0 Å². The number of carbonyl (C=O) groups excluding carboxylic acids is 2. The lowest BCUT2D eigenvalue weighted by Gasteiger charge is -2.30. The van der Waals surface area contributed by atoms with Crippen LogP contribution in [-0.2, 0) is 22.7 Å². The monoisotopic (exact) mass is 512 g/mol. The van der Waals surface area contributed by atoms with Crippen LogP contribution in [0.1, 0.15) is 43.9 Å². The Morgan fingerprint density at radius 2 is 1.94 bits per heavy atom. The van der Waals surface area contributed by atoms with Gasteiger partial charge in [0.25, 0.3) is 0 Å². The van der Waals surface area contributed by atoms with Gasteiger partial charge < -0.3 is 19.7 Å². The number of rotatable bonds is 10. The van der Waals surface area contributed by atoms with E-state index in [0.29, 0.717) is 29.4 Å². The maximum absolute atomic E-state index is 13.4. The minimum absolute atomic E-state index is 0.132. The van der Waals surface area contributed by atoms with Crippen LogP contribution in [0.2, 0.25) is 0 Å². The Kier molecular flexibility index (Phi) is 8.52. The Labute approximate surface area is 214 Å². The molecule has 0 radical (unpaired) electrons. The van der Waals surface area contributed by atoms with E-state index in [0.717, 1.165) is 30.6 Å². The Hall–Kier alpha value is -3.47. The van der Waals surface area contributed by atoms with Gasteiger partial charge in [0.1, 0.15) is 12.6 Å². The Bertz CT molecular complexity index is 1160. The van der Waals surface area contributed by atoms with Gasteiger partial charge in [0.15, 0.2) is 11.5 Å². The van der Waals surface area contributed by atoms with Gasteiger partial charge in [-0.15, -0.1) is 21.5 Å². The normalized spacial score (nSPS) is 14.8. The number of nitrogens with zero attached hydrogens (tertiary/aromatic N) is 5. The highest BCUT2D eigenvalue weighted by Crippen LogP contribution is 2.30. The molecule has 1 aromatic carbocycles. The third kappa shape index (κ3) is 6.20. The molecule has 0 aliphatic heterocycles. The van der Waals surface area contributed by atoms with Gasteiger partial charge in [-0.05, 0) is 54.6 Å². The standard InChI is InChI=1S/C25H32N6O4S/c1-17(25(33)26-19-8-5-4-6-9-19)30(15-20-10-7-13-36-20)23(32)16-31-28-24(27-29-31)18-11-12-21(34-2)22(14-18)35-3/h7,10-14,17,19H,4-6,8-9,15-16H2,1-3H3,(H,26,33)/t17-/m1/s1. The first-order valence-electron chi connectivity index (χ1n) is 12.1. The summed E-state index contributed by atoms with van der Waals surface area (Å²) in [7, 11) is 3.12. The molecule has 1 atom stereocenters. The lowest BCUT2D eigenvalue weighted by Crippen LogP contribution is -2.51. The van der Waals surface area contributed by atoms with Crippen molar-refractivity contribution >= 4 is 23.2 Å². The molecule has 0 spiro atoms. The molecule has 0 saturated heterocycles. The first-order chi connectivity index (χ1) is 17.5. The van der Waals surface area contributed by atoms with Gasteiger partial charge in [0, 0.05) is 16.5 Å². The maximum Gasteiger partial charge on any atom is 0.247 e. The predicted molar refractivity (Wildman–Crippen MR) is 136 cm³/mol. The molecule has 2 aromatic heterocycles. The number of methoxy groups -OCH3 is 2. The third-order valence-electron chi connectivity index (χ3n) is 6.40. The molecule has 11 heteroatoms. The fraction of sp³-hybridized carbons (Fsp3) is 0.480. The van der Waals surface area contributed by atoms with E-state index in [1.165, 1.54) is 11.2 Å². The van der Waals surface area contributed by atoms with Gasteiger partial charge in [-0.3, -0.25) is 9.59 Å². The van der Waals surface area contributed by atoms with Crippen LogP contribution >= 0.6 is 11.3 Å². The quantitative estimate of drug-likeness (QED) is 0.444. The SMILES string of the molecule is COc1ccc(-c2nnn(CC(=O)N(Cc3cccs3)[C@H](C)C(=O)NC3CCCCC3)n2)cc1OC. The molecule has 0 bridgehead atoms. The maximum atomic E-state index is 13.4. The number of ether oxygens (including phenoxy) is 2. The number of tetrazole rings is 1. The van der Waals surface area contributed by atoms with Crippen molar-refractivity contribution < 1.29 is 19.1 Å². The number of hydrogen-bond acceptors (Lipinski definition) is 8. The molecule has 4 rings (SSSR count). The van der Waals surface area contributed by atoms with Gasteiger partial charge >= 0.3 is 0 Å². The fourth-order valence-electron chi connectivity index (χ4n) is 4.33. The summed E-state index contributed by atoms with van der Waals surface area (Å²) < 4.78 is 10.6. The van der Waals surface area contributed by atoms with E-state index in [4.69, 9.17) is 9.47 Å². The molecule has 192 valence electrons. The number of carbonyl (C=O) groups is 2. The summed E-state index contributed by atoms with van der Waals surface area (Å²) in [4.78, 5) is 30.3. The number of nitrogens with one attached hydrogen (secondary N) is 1. The van der Waals surface area contributed by atoms with Crippen molar-refractivity contribution in [3.8, 4) is 22.9 Å². The summed E-state index contributed by atoms with van der Waals surface area (Å²) >= 11 is 1.55. The highest BCUT2D eigenvalue weighted by Gasteiger charge is 2.29. The first kappa shape index (κ1) is 25.6.